The minimum absolute atomic E-state index is 0.134. The van der Waals surface area contributed by atoms with Gasteiger partial charge in [0.25, 0.3) is 0 Å². The normalized spacial score (nSPS) is 28.4. The van der Waals surface area contributed by atoms with Crippen LogP contribution in [0.4, 0.5) is 0 Å². The molecule has 0 aromatic rings. The van der Waals surface area contributed by atoms with Gasteiger partial charge in [-0.15, -0.1) is 0 Å². The van der Waals surface area contributed by atoms with Crippen molar-refractivity contribution in [1.82, 2.24) is 4.90 Å². The van der Waals surface area contributed by atoms with Gasteiger partial charge in [-0.05, 0) is 32.9 Å². The second kappa shape index (κ2) is 6.35. The SMILES string of the molecule is CCCC1(CO)CCCN1C.CO. The van der Waals surface area contributed by atoms with Gasteiger partial charge in [0.05, 0.1) is 6.61 Å². The van der Waals surface area contributed by atoms with Gasteiger partial charge in [0.2, 0.25) is 0 Å². The minimum Gasteiger partial charge on any atom is -0.400 e. The third-order valence-electron chi connectivity index (χ3n) is 2.96. The van der Waals surface area contributed by atoms with Gasteiger partial charge in [0.1, 0.15) is 0 Å². The van der Waals surface area contributed by atoms with Crippen molar-refractivity contribution in [3.05, 3.63) is 0 Å². The van der Waals surface area contributed by atoms with Gasteiger partial charge in [-0.3, -0.25) is 4.90 Å². The molecule has 13 heavy (non-hydrogen) atoms. The first-order chi connectivity index (χ1) is 6.25. The van der Waals surface area contributed by atoms with Crippen LogP contribution in [0.1, 0.15) is 32.6 Å². The summed E-state index contributed by atoms with van der Waals surface area (Å²) in [5, 5.41) is 16.3. The van der Waals surface area contributed by atoms with E-state index in [1.165, 1.54) is 19.3 Å². The Labute approximate surface area is 81.4 Å². The van der Waals surface area contributed by atoms with Crippen LogP contribution in [0.15, 0.2) is 0 Å². The molecule has 0 saturated carbocycles. The van der Waals surface area contributed by atoms with Crippen LogP contribution in [-0.4, -0.2) is 48.0 Å². The van der Waals surface area contributed by atoms with E-state index in [-0.39, 0.29) is 5.54 Å². The predicted molar refractivity (Wildman–Crippen MR) is 54.7 cm³/mol. The van der Waals surface area contributed by atoms with E-state index in [2.05, 4.69) is 18.9 Å². The fourth-order valence-corrected chi connectivity index (χ4v) is 2.13. The van der Waals surface area contributed by atoms with Crippen molar-refractivity contribution in [2.75, 3.05) is 27.3 Å². The molecule has 80 valence electrons. The lowest BCUT2D eigenvalue weighted by atomic mass is 9.92. The molecule has 0 spiro atoms. The zero-order valence-corrected chi connectivity index (χ0v) is 9.08. The summed E-state index contributed by atoms with van der Waals surface area (Å²) in [7, 11) is 3.12. The van der Waals surface area contributed by atoms with Crippen LogP contribution in [-0.2, 0) is 0 Å². The lowest BCUT2D eigenvalue weighted by Gasteiger charge is -2.34. The fraction of sp³-hybridized carbons (Fsp3) is 1.00. The van der Waals surface area contributed by atoms with Gasteiger partial charge in [-0.2, -0.15) is 0 Å². The van der Waals surface area contributed by atoms with Gasteiger partial charge in [-0.1, -0.05) is 13.3 Å². The Morgan fingerprint density at radius 1 is 1.38 bits per heavy atom. The van der Waals surface area contributed by atoms with Crippen LogP contribution in [0.3, 0.4) is 0 Å². The molecule has 0 aromatic heterocycles. The van der Waals surface area contributed by atoms with Crippen molar-refractivity contribution in [1.29, 1.82) is 0 Å². The largest absolute Gasteiger partial charge is 0.400 e. The van der Waals surface area contributed by atoms with Crippen LogP contribution >= 0.6 is 0 Å². The van der Waals surface area contributed by atoms with Crippen molar-refractivity contribution in [3.63, 3.8) is 0 Å². The summed E-state index contributed by atoms with van der Waals surface area (Å²) in [6, 6.07) is 0. The maximum Gasteiger partial charge on any atom is 0.0615 e. The van der Waals surface area contributed by atoms with E-state index >= 15 is 0 Å². The van der Waals surface area contributed by atoms with Gasteiger partial charge in [0.15, 0.2) is 0 Å². The first-order valence-electron chi connectivity index (χ1n) is 5.02. The van der Waals surface area contributed by atoms with E-state index in [1.54, 1.807) is 0 Å². The van der Waals surface area contributed by atoms with E-state index < -0.39 is 0 Å². The number of likely N-dealkylation sites (N-methyl/N-ethyl adjacent to an activating group) is 1. The highest BCUT2D eigenvalue weighted by Crippen LogP contribution is 2.31. The number of aliphatic hydroxyl groups is 2. The van der Waals surface area contributed by atoms with Crippen LogP contribution < -0.4 is 0 Å². The lowest BCUT2D eigenvalue weighted by molar-refractivity contribution is 0.0754. The zero-order valence-electron chi connectivity index (χ0n) is 9.08. The van der Waals surface area contributed by atoms with Crippen molar-refractivity contribution in [3.8, 4) is 0 Å². The second-order valence-corrected chi connectivity index (χ2v) is 3.66. The molecule has 1 unspecified atom stereocenters. The number of nitrogens with zero attached hydrogens (tertiary/aromatic N) is 1. The van der Waals surface area contributed by atoms with Crippen LogP contribution in [0.25, 0.3) is 0 Å². The van der Waals surface area contributed by atoms with E-state index in [1.807, 2.05) is 0 Å². The number of hydrogen-bond donors (Lipinski definition) is 2. The van der Waals surface area contributed by atoms with E-state index in [0.29, 0.717) is 6.61 Å². The Hall–Kier alpha value is -0.120. The summed E-state index contributed by atoms with van der Waals surface area (Å²) in [6.07, 6.45) is 4.73. The molecule has 1 rings (SSSR count). The molecule has 0 aliphatic carbocycles. The zero-order chi connectivity index (χ0) is 10.3. The van der Waals surface area contributed by atoms with Gasteiger partial charge >= 0.3 is 0 Å². The number of aliphatic hydroxyl groups excluding tert-OH is 2. The van der Waals surface area contributed by atoms with E-state index in [0.717, 1.165) is 20.1 Å². The highest BCUT2D eigenvalue weighted by Gasteiger charge is 2.36. The number of rotatable bonds is 3. The Kier molecular flexibility index (Phi) is 6.29. The summed E-state index contributed by atoms with van der Waals surface area (Å²) < 4.78 is 0. The van der Waals surface area contributed by atoms with Crippen molar-refractivity contribution in [2.24, 2.45) is 0 Å². The molecule has 3 nitrogen and oxygen atoms in total. The standard InChI is InChI=1S/C9H19NO.CH4O/c1-3-5-9(8-11)6-4-7-10(9)2;1-2/h11H,3-8H2,1-2H3;2H,1H3. The topological polar surface area (TPSA) is 43.7 Å². The monoisotopic (exact) mass is 189 g/mol. The molecule has 3 heteroatoms. The molecule has 0 amide bonds. The quantitative estimate of drug-likeness (QED) is 0.692. The van der Waals surface area contributed by atoms with Crippen LogP contribution in [0.5, 0.6) is 0 Å². The molecule has 1 fully saturated rings. The molecular formula is C10H23NO2. The second-order valence-electron chi connectivity index (χ2n) is 3.66. The van der Waals surface area contributed by atoms with Crippen molar-refractivity contribution in [2.45, 2.75) is 38.1 Å². The fourth-order valence-electron chi connectivity index (χ4n) is 2.13. The third kappa shape index (κ3) is 2.93. The van der Waals surface area contributed by atoms with Crippen molar-refractivity contribution >= 4 is 0 Å². The Bertz CT molecular complexity index is 130. The predicted octanol–water partition coefficient (Wildman–Crippen LogP) is 0.852. The summed E-state index contributed by atoms with van der Waals surface area (Å²) in [4.78, 5) is 2.32. The van der Waals surface area contributed by atoms with Gasteiger partial charge in [0, 0.05) is 12.6 Å². The van der Waals surface area contributed by atoms with E-state index in [9.17, 15) is 5.11 Å². The summed E-state index contributed by atoms with van der Waals surface area (Å²) >= 11 is 0. The van der Waals surface area contributed by atoms with E-state index in [4.69, 9.17) is 5.11 Å². The highest BCUT2D eigenvalue weighted by atomic mass is 16.3. The van der Waals surface area contributed by atoms with Crippen LogP contribution in [0, 0.1) is 0 Å². The average molecular weight is 189 g/mol. The molecule has 0 aromatic carbocycles. The maximum atomic E-state index is 9.28. The van der Waals surface area contributed by atoms with Crippen molar-refractivity contribution < 1.29 is 10.2 Å². The summed E-state index contributed by atoms with van der Waals surface area (Å²) in [5.41, 5.74) is 0.134. The number of likely N-dealkylation sites (tertiary alicyclic amines) is 1. The molecule has 0 bridgehead atoms. The van der Waals surface area contributed by atoms with Crippen LogP contribution in [0.2, 0.25) is 0 Å². The number of hydrogen-bond acceptors (Lipinski definition) is 3. The Balaban J connectivity index is 0.000000671. The maximum absolute atomic E-state index is 9.28. The molecule has 1 aliphatic heterocycles. The molecule has 1 saturated heterocycles. The first kappa shape index (κ1) is 12.9. The molecular weight excluding hydrogens is 166 g/mol. The Morgan fingerprint density at radius 3 is 2.31 bits per heavy atom. The Morgan fingerprint density at radius 2 is 2.00 bits per heavy atom. The third-order valence-corrected chi connectivity index (χ3v) is 2.96. The molecule has 1 heterocycles. The molecule has 0 radical (unpaired) electrons. The molecule has 2 N–H and O–H groups in total. The summed E-state index contributed by atoms with van der Waals surface area (Å²) in [5.74, 6) is 0. The van der Waals surface area contributed by atoms with Gasteiger partial charge in [-0.25, -0.2) is 0 Å². The molecule has 1 aliphatic rings. The summed E-state index contributed by atoms with van der Waals surface area (Å²) in [6.45, 7) is 3.67. The lowest BCUT2D eigenvalue weighted by Crippen LogP contribution is -2.44. The minimum atomic E-state index is 0.134. The smallest absolute Gasteiger partial charge is 0.0615 e. The molecule has 1 atom stereocenters. The van der Waals surface area contributed by atoms with Gasteiger partial charge < -0.3 is 10.2 Å². The first-order valence-corrected chi connectivity index (χ1v) is 5.02. The average Bonchev–Trinajstić information content (AvgIpc) is 2.53. The highest BCUT2D eigenvalue weighted by molar-refractivity contribution is 4.93.